The average Bonchev–Trinajstić information content (AvgIpc) is 2.73. The van der Waals surface area contributed by atoms with Crippen LogP contribution in [0.5, 0.6) is 5.75 Å². The molecule has 0 saturated heterocycles. The number of benzene rings is 2. The van der Waals surface area contributed by atoms with Crippen molar-refractivity contribution >= 4 is 16.9 Å². The van der Waals surface area contributed by atoms with E-state index in [0.29, 0.717) is 22.1 Å². The molecule has 0 aliphatic carbocycles. The van der Waals surface area contributed by atoms with Crippen molar-refractivity contribution < 1.29 is 13.9 Å². The Bertz CT molecular complexity index is 1270. The summed E-state index contributed by atoms with van der Waals surface area (Å²) in [6.45, 7) is 5.85. The molecule has 2 heterocycles. The largest absolute Gasteiger partial charge is 0.452 e. The van der Waals surface area contributed by atoms with Gasteiger partial charge in [-0.05, 0) is 56.2 Å². The number of hydrogen-bond donors (Lipinski definition) is 0. The molecule has 0 amide bonds. The molecule has 2 aromatic heterocycles. The smallest absolute Gasteiger partial charge is 0.343 e. The van der Waals surface area contributed by atoms with E-state index in [2.05, 4.69) is 4.98 Å². The van der Waals surface area contributed by atoms with Gasteiger partial charge in [0.2, 0.25) is 11.2 Å². The van der Waals surface area contributed by atoms with E-state index in [0.717, 1.165) is 16.7 Å². The lowest BCUT2D eigenvalue weighted by Gasteiger charge is -2.12. The molecule has 4 aromatic rings. The third kappa shape index (κ3) is 3.55. The van der Waals surface area contributed by atoms with Gasteiger partial charge in [0.15, 0.2) is 5.76 Å². The molecule has 4 rings (SSSR count). The second kappa shape index (κ2) is 7.36. The van der Waals surface area contributed by atoms with Gasteiger partial charge in [0.25, 0.3) is 0 Å². The Morgan fingerprint density at radius 3 is 2.28 bits per heavy atom. The fraction of sp³-hybridized carbons (Fsp3) is 0.125. The minimum Gasteiger partial charge on any atom is -0.452 e. The maximum absolute atomic E-state index is 13.3. The number of esters is 1. The van der Waals surface area contributed by atoms with E-state index in [1.165, 1.54) is 24.5 Å². The summed E-state index contributed by atoms with van der Waals surface area (Å²) in [5.74, 6) is -0.532. The molecular weight excluding hydrogens is 366 g/mol. The Morgan fingerprint density at radius 2 is 1.59 bits per heavy atom. The van der Waals surface area contributed by atoms with Crippen LogP contribution in [0.2, 0.25) is 0 Å². The van der Waals surface area contributed by atoms with Crippen LogP contribution in [-0.2, 0) is 0 Å². The summed E-state index contributed by atoms with van der Waals surface area (Å²) in [6, 6.07) is 14.2. The summed E-state index contributed by atoms with van der Waals surface area (Å²) in [6.07, 6.45) is 2.99. The highest BCUT2D eigenvalue weighted by atomic mass is 16.5. The highest BCUT2D eigenvalue weighted by molar-refractivity contribution is 5.93. The number of pyridine rings is 1. The molecule has 0 radical (unpaired) electrons. The van der Waals surface area contributed by atoms with Crippen molar-refractivity contribution in [1.82, 2.24) is 4.98 Å². The maximum atomic E-state index is 13.3. The molecule has 0 saturated carbocycles. The van der Waals surface area contributed by atoms with Crippen LogP contribution in [0.25, 0.3) is 22.3 Å². The van der Waals surface area contributed by atoms with Gasteiger partial charge < -0.3 is 9.15 Å². The molecule has 5 nitrogen and oxygen atoms in total. The molecule has 29 heavy (non-hydrogen) atoms. The van der Waals surface area contributed by atoms with Crippen LogP contribution in [0, 0.1) is 20.8 Å². The van der Waals surface area contributed by atoms with Crippen LogP contribution in [0.1, 0.15) is 27.0 Å². The molecule has 0 aliphatic rings. The normalized spacial score (nSPS) is 10.9. The molecule has 0 unspecified atom stereocenters. The van der Waals surface area contributed by atoms with Crippen LogP contribution in [0.15, 0.2) is 70.1 Å². The number of nitrogens with zero attached hydrogens (tertiary/aromatic N) is 1. The zero-order valence-electron chi connectivity index (χ0n) is 16.4. The molecule has 2 aromatic carbocycles. The predicted octanol–water partition coefficient (Wildman–Crippen LogP) is 5.00. The van der Waals surface area contributed by atoms with Crippen molar-refractivity contribution in [3.8, 4) is 17.1 Å². The number of ether oxygens (including phenoxy) is 1. The van der Waals surface area contributed by atoms with Crippen LogP contribution in [0.3, 0.4) is 0 Å². The van der Waals surface area contributed by atoms with Crippen LogP contribution < -0.4 is 10.2 Å². The third-order valence-corrected chi connectivity index (χ3v) is 4.89. The minimum atomic E-state index is -0.642. The van der Waals surface area contributed by atoms with Gasteiger partial charge in [-0.25, -0.2) is 4.79 Å². The minimum absolute atomic E-state index is 0.119. The van der Waals surface area contributed by atoms with Crippen molar-refractivity contribution in [2.75, 3.05) is 0 Å². The van der Waals surface area contributed by atoms with Gasteiger partial charge in [0.05, 0.1) is 10.9 Å². The van der Waals surface area contributed by atoms with Crippen molar-refractivity contribution in [1.29, 1.82) is 0 Å². The Morgan fingerprint density at radius 1 is 0.931 bits per heavy atom. The van der Waals surface area contributed by atoms with Gasteiger partial charge in [-0.3, -0.25) is 9.78 Å². The summed E-state index contributed by atoms with van der Waals surface area (Å²) in [5, 5.41) is 0.376. The molecule has 144 valence electrons. The van der Waals surface area contributed by atoms with Crippen molar-refractivity contribution in [3.05, 3.63) is 93.4 Å². The number of aromatic nitrogens is 1. The number of rotatable bonds is 3. The predicted molar refractivity (Wildman–Crippen MR) is 111 cm³/mol. The average molecular weight is 385 g/mol. The van der Waals surface area contributed by atoms with E-state index in [-0.39, 0.29) is 16.9 Å². The number of fused-ring (bicyclic) bond motifs is 1. The molecule has 0 aliphatic heterocycles. The molecule has 0 atom stereocenters. The van der Waals surface area contributed by atoms with Crippen LogP contribution >= 0.6 is 0 Å². The highest BCUT2D eigenvalue weighted by Gasteiger charge is 2.21. The van der Waals surface area contributed by atoms with Crippen LogP contribution in [0.4, 0.5) is 0 Å². The summed E-state index contributed by atoms with van der Waals surface area (Å²) < 4.78 is 11.6. The lowest BCUT2D eigenvalue weighted by atomic mass is 10.0. The van der Waals surface area contributed by atoms with E-state index in [4.69, 9.17) is 9.15 Å². The molecule has 0 N–H and O–H groups in total. The van der Waals surface area contributed by atoms with Gasteiger partial charge in [-0.1, -0.05) is 29.8 Å². The van der Waals surface area contributed by atoms with Gasteiger partial charge >= 0.3 is 5.97 Å². The molecular formula is C24H19NO4. The first-order valence-corrected chi connectivity index (χ1v) is 9.21. The summed E-state index contributed by atoms with van der Waals surface area (Å²) in [7, 11) is 0. The zero-order chi connectivity index (χ0) is 20.5. The van der Waals surface area contributed by atoms with E-state index >= 15 is 0 Å². The Balaban J connectivity index is 1.94. The molecule has 0 bridgehead atoms. The summed E-state index contributed by atoms with van der Waals surface area (Å²) >= 11 is 0. The van der Waals surface area contributed by atoms with Gasteiger partial charge in [0, 0.05) is 18.0 Å². The monoisotopic (exact) mass is 385 g/mol. The SMILES string of the molecule is Cc1ccc(-c2oc3cc(C)c(C)cc3c(=O)c2OC(=O)c2ccncc2)cc1. The molecule has 0 fully saturated rings. The Labute approximate surface area is 167 Å². The molecule has 5 heteroatoms. The second-order valence-electron chi connectivity index (χ2n) is 7.01. The van der Waals surface area contributed by atoms with Crippen molar-refractivity contribution in [2.45, 2.75) is 20.8 Å². The molecule has 0 spiro atoms. The van der Waals surface area contributed by atoms with Crippen molar-refractivity contribution in [2.24, 2.45) is 0 Å². The standard InChI is InChI=1S/C24H19NO4/c1-14-4-6-17(7-5-14)22-23(29-24(27)18-8-10-25-11-9-18)21(26)19-12-15(2)16(3)13-20(19)28-22/h4-13H,1-3H3. The second-order valence-corrected chi connectivity index (χ2v) is 7.01. The van der Waals surface area contributed by atoms with Gasteiger partial charge in [-0.2, -0.15) is 0 Å². The van der Waals surface area contributed by atoms with Gasteiger partial charge in [-0.15, -0.1) is 0 Å². The first kappa shape index (κ1) is 18.6. The van der Waals surface area contributed by atoms with E-state index in [9.17, 15) is 9.59 Å². The number of aryl methyl sites for hydroxylation is 3. The summed E-state index contributed by atoms with van der Waals surface area (Å²) in [5.41, 5.74) is 4.07. The first-order chi connectivity index (χ1) is 13.9. The fourth-order valence-corrected chi connectivity index (χ4v) is 3.06. The fourth-order valence-electron chi connectivity index (χ4n) is 3.06. The van der Waals surface area contributed by atoms with E-state index in [1.54, 1.807) is 6.07 Å². The number of hydrogen-bond acceptors (Lipinski definition) is 5. The zero-order valence-corrected chi connectivity index (χ0v) is 16.4. The van der Waals surface area contributed by atoms with E-state index in [1.807, 2.05) is 51.1 Å². The summed E-state index contributed by atoms with van der Waals surface area (Å²) in [4.78, 5) is 29.8. The third-order valence-electron chi connectivity index (χ3n) is 4.89. The quantitative estimate of drug-likeness (QED) is 0.464. The number of carbonyl (C=O) groups excluding carboxylic acids is 1. The first-order valence-electron chi connectivity index (χ1n) is 9.21. The Hall–Kier alpha value is -3.73. The Kier molecular flexibility index (Phi) is 4.72. The van der Waals surface area contributed by atoms with Crippen molar-refractivity contribution in [3.63, 3.8) is 0 Å². The lowest BCUT2D eigenvalue weighted by Crippen LogP contribution is -2.16. The lowest BCUT2D eigenvalue weighted by molar-refractivity contribution is 0.0731. The maximum Gasteiger partial charge on any atom is 0.343 e. The van der Waals surface area contributed by atoms with Gasteiger partial charge in [0.1, 0.15) is 5.58 Å². The topological polar surface area (TPSA) is 69.4 Å². The number of carbonyl (C=O) groups is 1. The highest BCUT2D eigenvalue weighted by Crippen LogP contribution is 2.32. The van der Waals surface area contributed by atoms with Crippen LogP contribution in [-0.4, -0.2) is 11.0 Å². The van der Waals surface area contributed by atoms with E-state index < -0.39 is 5.97 Å².